The standard InChI is InChI=1S/C12H16O2S/c13-12(14)10-5-3-9(4-6-10)8-11-2-1-7-15-11/h1-2,7,9-10H,3-6,8H2,(H,13,14). The third-order valence-electron chi connectivity index (χ3n) is 3.27. The molecule has 0 aromatic carbocycles. The van der Waals surface area contributed by atoms with Crippen LogP contribution in [-0.2, 0) is 11.2 Å². The van der Waals surface area contributed by atoms with Crippen molar-refractivity contribution in [1.29, 1.82) is 0 Å². The van der Waals surface area contributed by atoms with Gasteiger partial charge in [-0.2, -0.15) is 0 Å². The molecule has 1 N–H and O–H groups in total. The topological polar surface area (TPSA) is 37.3 Å². The van der Waals surface area contributed by atoms with E-state index in [0.717, 1.165) is 32.1 Å². The maximum Gasteiger partial charge on any atom is 0.306 e. The van der Waals surface area contributed by atoms with Crippen LogP contribution in [0.5, 0.6) is 0 Å². The zero-order valence-electron chi connectivity index (χ0n) is 8.69. The van der Waals surface area contributed by atoms with E-state index in [1.54, 1.807) is 0 Å². The van der Waals surface area contributed by atoms with Gasteiger partial charge in [0.1, 0.15) is 0 Å². The molecular weight excluding hydrogens is 208 g/mol. The fourth-order valence-corrected chi connectivity index (χ4v) is 3.15. The van der Waals surface area contributed by atoms with E-state index in [9.17, 15) is 4.79 Å². The normalized spacial score (nSPS) is 26.4. The molecule has 1 aromatic rings. The lowest BCUT2D eigenvalue weighted by molar-refractivity contribution is -0.143. The molecule has 0 bridgehead atoms. The Morgan fingerprint density at radius 1 is 1.40 bits per heavy atom. The fourth-order valence-electron chi connectivity index (χ4n) is 2.33. The number of carboxylic acid groups (broad SMARTS) is 1. The molecule has 0 atom stereocenters. The lowest BCUT2D eigenvalue weighted by atomic mass is 9.80. The molecular formula is C12H16O2S. The molecule has 3 heteroatoms. The van der Waals surface area contributed by atoms with Gasteiger partial charge in [0.25, 0.3) is 0 Å². The van der Waals surface area contributed by atoms with Crippen LogP contribution in [0.3, 0.4) is 0 Å². The Hall–Kier alpha value is -0.830. The van der Waals surface area contributed by atoms with Gasteiger partial charge in [0.2, 0.25) is 0 Å². The van der Waals surface area contributed by atoms with E-state index in [2.05, 4.69) is 17.5 Å². The Morgan fingerprint density at radius 3 is 2.67 bits per heavy atom. The van der Waals surface area contributed by atoms with Gasteiger partial charge in [0.05, 0.1) is 5.92 Å². The minimum atomic E-state index is -0.607. The highest BCUT2D eigenvalue weighted by molar-refractivity contribution is 7.09. The maximum absolute atomic E-state index is 10.8. The number of aliphatic carboxylic acids is 1. The van der Waals surface area contributed by atoms with Gasteiger partial charge < -0.3 is 5.11 Å². The van der Waals surface area contributed by atoms with E-state index in [0.29, 0.717) is 5.92 Å². The van der Waals surface area contributed by atoms with Gasteiger partial charge in [-0.05, 0) is 49.5 Å². The molecule has 0 amide bonds. The Bertz CT molecular complexity index is 310. The van der Waals surface area contributed by atoms with Crippen molar-refractivity contribution in [2.24, 2.45) is 11.8 Å². The zero-order chi connectivity index (χ0) is 10.7. The quantitative estimate of drug-likeness (QED) is 0.856. The van der Waals surface area contributed by atoms with Crippen LogP contribution in [0.1, 0.15) is 30.6 Å². The fraction of sp³-hybridized carbons (Fsp3) is 0.583. The molecule has 1 fully saturated rings. The summed E-state index contributed by atoms with van der Waals surface area (Å²) in [5, 5.41) is 11.0. The SMILES string of the molecule is O=C(O)C1CCC(Cc2cccs2)CC1. The van der Waals surface area contributed by atoms with Gasteiger partial charge in [0, 0.05) is 4.88 Å². The zero-order valence-corrected chi connectivity index (χ0v) is 9.50. The molecule has 0 aliphatic heterocycles. The predicted octanol–water partition coefficient (Wildman–Crippen LogP) is 3.18. The molecule has 82 valence electrons. The Kier molecular flexibility index (Phi) is 3.41. The molecule has 0 radical (unpaired) electrons. The summed E-state index contributed by atoms with van der Waals surface area (Å²) >= 11 is 1.81. The largest absolute Gasteiger partial charge is 0.481 e. The van der Waals surface area contributed by atoms with E-state index in [-0.39, 0.29) is 5.92 Å². The van der Waals surface area contributed by atoms with E-state index < -0.39 is 5.97 Å². The van der Waals surface area contributed by atoms with E-state index in [1.807, 2.05) is 11.3 Å². The van der Waals surface area contributed by atoms with Crippen LogP contribution in [-0.4, -0.2) is 11.1 Å². The van der Waals surface area contributed by atoms with Crippen molar-refractivity contribution in [2.45, 2.75) is 32.1 Å². The first kappa shape index (κ1) is 10.7. The van der Waals surface area contributed by atoms with Gasteiger partial charge >= 0.3 is 5.97 Å². The highest BCUT2D eigenvalue weighted by Crippen LogP contribution is 2.31. The van der Waals surface area contributed by atoms with Gasteiger partial charge in [0.15, 0.2) is 0 Å². The average Bonchev–Trinajstić information content (AvgIpc) is 2.71. The Labute approximate surface area is 93.9 Å². The van der Waals surface area contributed by atoms with Crippen LogP contribution in [0.2, 0.25) is 0 Å². The molecule has 1 saturated carbocycles. The van der Waals surface area contributed by atoms with Crippen LogP contribution < -0.4 is 0 Å². The molecule has 1 aromatic heterocycles. The summed E-state index contributed by atoms with van der Waals surface area (Å²) in [6.45, 7) is 0. The molecule has 1 aliphatic rings. The molecule has 2 nitrogen and oxygen atoms in total. The average molecular weight is 224 g/mol. The molecule has 1 aliphatic carbocycles. The van der Waals surface area contributed by atoms with Crippen molar-refractivity contribution in [1.82, 2.24) is 0 Å². The summed E-state index contributed by atoms with van der Waals surface area (Å²) < 4.78 is 0. The van der Waals surface area contributed by atoms with Crippen LogP contribution in [0.15, 0.2) is 17.5 Å². The monoisotopic (exact) mass is 224 g/mol. The maximum atomic E-state index is 10.8. The number of thiophene rings is 1. The molecule has 0 unspecified atom stereocenters. The number of hydrogen-bond acceptors (Lipinski definition) is 2. The summed E-state index contributed by atoms with van der Waals surface area (Å²) in [4.78, 5) is 12.2. The smallest absolute Gasteiger partial charge is 0.306 e. The van der Waals surface area contributed by atoms with Gasteiger partial charge in [-0.25, -0.2) is 0 Å². The molecule has 2 rings (SSSR count). The lowest BCUT2D eigenvalue weighted by Crippen LogP contribution is -2.22. The Balaban J connectivity index is 1.81. The highest BCUT2D eigenvalue weighted by Gasteiger charge is 2.25. The van der Waals surface area contributed by atoms with Crippen LogP contribution in [0.25, 0.3) is 0 Å². The Morgan fingerprint density at radius 2 is 2.13 bits per heavy atom. The summed E-state index contributed by atoms with van der Waals surface area (Å²) in [5.74, 6) is 0.0217. The number of carboxylic acids is 1. The van der Waals surface area contributed by atoms with Gasteiger partial charge in [-0.1, -0.05) is 6.07 Å². The van der Waals surface area contributed by atoms with E-state index >= 15 is 0 Å². The van der Waals surface area contributed by atoms with Crippen molar-refractivity contribution < 1.29 is 9.90 Å². The van der Waals surface area contributed by atoms with Crippen LogP contribution in [0, 0.1) is 11.8 Å². The second-order valence-electron chi connectivity index (χ2n) is 4.34. The first-order valence-electron chi connectivity index (χ1n) is 5.51. The molecule has 15 heavy (non-hydrogen) atoms. The second kappa shape index (κ2) is 4.79. The number of rotatable bonds is 3. The highest BCUT2D eigenvalue weighted by atomic mass is 32.1. The van der Waals surface area contributed by atoms with Crippen molar-refractivity contribution in [3.8, 4) is 0 Å². The summed E-state index contributed by atoms with van der Waals surface area (Å²) in [6, 6.07) is 4.26. The van der Waals surface area contributed by atoms with E-state index in [1.165, 1.54) is 4.88 Å². The number of carbonyl (C=O) groups is 1. The third-order valence-corrected chi connectivity index (χ3v) is 4.16. The minimum Gasteiger partial charge on any atom is -0.481 e. The second-order valence-corrected chi connectivity index (χ2v) is 5.37. The lowest BCUT2D eigenvalue weighted by Gasteiger charge is -2.25. The van der Waals surface area contributed by atoms with Crippen LogP contribution >= 0.6 is 11.3 Å². The van der Waals surface area contributed by atoms with Gasteiger partial charge in [-0.15, -0.1) is 11.3 Å². The third kappa shape index (κ3) is 2.81. The van der Waals surface area contributed by atoms with Crippen molar-refractivity contribution in [3.05, 3.63) is 22.4 Å². The van der Waals surface area contributed by atoms with Crippen LogP contribution in [0.4, 0.5) is 0 Å². The first-order valence-corrected chi connectivity index (χ1v) is 6.39. The summed E-state index contributed by atoms with van der Waals surface area (Å²) in [5.41, 5.74) is 0. The molecule has 0 spiro atoms. The van der Waals surface area contributed by atoms with Crippen molar-refractivity contribution in [3.63, 3.8) is 0 Å². The summed E-state index contributed by atoms with van der Waals surface area (Å²) in [7, 11) is 0. The predicted molar refractivity (Wildman–Crippen MR) is 61.1 cm³/mol. The first-order chi connectivity index (χ1) is 7.25. The summed E-state index contributed by atoms with van der Waals surface area (Å²) in [6.07, 6.45) is 5.03. The number of hydrogen-bond donors (Lipinski definition) is 1. The minimum absolute atomic E-state index is 0.0791. The van der Waals surface area contributed by atoms with Crippen molar-refractivity contribution in [2.75, 3.05) is 0 Å². The van der Waals surface area contributed by atoms with Crippen molar-refractivity contribution >= 4 is 17.3 Å². The van der Waals surface area contributed by atoms with Gasteiger partial charge in [-0.3, -0.25) is 4.79 Å². The molecule has 0 saturated heterocycles. The van der Waals surface area contributed by atoms with E-state index in [4.69, 9.17) is 5.11 Å². The molecule has 1 heterocycles.